The minimum Gasteiger partial charge on any atom is -0.396 e. The van der Waals surface area contributed by atoms with E-state index in [0.29, 0.717) is 6.61 Å². The predicted molar refractivity (Wildman–Crippen MR) is 76.5 cm³/mol. The van der Waals surface area contributed by atoms with Gasteiger partial charge < -0.3 is 9.84 Å². The van der Waals surface area contributed by atoms with Crippen LogP contribution in [-0.2, 0) is 4.74 Å². The van der Waals surface area contributed by atoms with E-state index in [1.807, 2.05) is 0 Å². The molecule has 0 aromatic rings. The molecule has 1 N–H and O–H groups in total. The fraction of sp³-hybridized carbons (Fsp3) is 0.500. The quantitative estimate of drug-likeness (QED) is 0.746. The van der Waals surface area contributed by atoms with Gasteiger partial charge in [-0.15, -0.1) is 0 Å². The highest BCUT2D eigenvalue weighted by Gasteiger charge is 2.04. The van der Waals surface area contributed by atoms with Crippen molar-refractivity contribution in [1.82, 2.24) is 0 Å². The number of allylic oxidation sites excluding steroid dienone is 6. The standard InChI is InChI=1S/C16H24O2/c1-3-6-15(9-5-12-17)16-8-4-7-14(10-11-16)13-18-2/h4,7-9,11,17H,3,5-6,10,12-13H2,1-2H3/b15-9+. The molecule has 0 bridgehead atoms. The normalized spacial score (nSPS) is 16.3. The number of rotatable bonds is 7. The summed E-state index contributed by atoms with van der Waals surface area (Å²) in [5.74, 6) is 0. The minimum absolute atomic E-state index is 0.220. The molecule has 0 saturated heterocycles. The summed E-state index contributed by atoms with van der Waals surface area (Å²) < 4.78 is 5.17. The van der Waals surface area contributed by atoms with Crippen molar-refractivity contribution in [3.05, 3.63) is 47.1 Å². The lowest BCUT2D eigenvalue weighted by molar-refractivity contribution is 0.224. The van der Waals surface area contributed by atoms with E-state index in [1.54, 1.807) is 7.11 Å². The summed E-state index contributed by atoms with van der Waals surface area (Å²) >= 11 is 0. The van der Waals surface area contributed by atoms with E-state index in [-0.39, 0.29) is 6.61 Å². The monoisotopic (exact) mass is 248 g/mol. The first kappa shape index (κ1) is 14.9. The zero-order valence-corrected chi connectivity index (χ0v) is 11.5. The maximum atomic E-state index is 8.94. The van der Waals surface area contributed by atoms with E-state index in [2.05, 4.69) is 37.3 Å². The Morgan fingerprint density at radius 3 is 3.00 bits per heavy atom. The number of methoxy groups -OCH3 is 1. The minimum atomic E-state index is 0.220. The predicted octanol–water partition coefficient (Wildman–Crippen LogP) is 3.55. The van der Waals surface area contributed by atoms with Crippen LogP contribution in [0.15, 0.2) is 47.1 Å². The van der Waals surface area contributed by atoms with Gasteiger partial charge in [-0.1, -0.05) is 43.7 Å². The van der Waals surface area contributed by atoms with Gasteiger partial charge in [0, 0.05) is 13.7 Å². The zero-order chi connectivity index (χ0) is 13.2. The van der Waals surface area contributed by atoms with E-state index in [0.717, 1.165) is 25.7 Å². The summed E-state index contributed by atoms with van der Waals surface area (Å²) in [6, 6.07) is 0. The lowest BCUT2D eigenvalue weighted by Gasteiger charge is -2.08. The van der Waals surface area contributed by atoms with Crippen LogP contribution in [0, 0.1) is 0 Å². The molecule has 0 atom stereocenters. The molecule has 1 aliphatic rings. The van der Waals surface area contributed by atoms with E-state index < -0.39 is 0 Å². The molecular weight excluding hydrogens is 224 g/mol. The van der Waals surface area contributed by atoms with Crippen molar-refractivity contribution in [3.8, 4) is 0 Å². The van der Waals surface area contributed by atoms with Crippen LogP contribution in [-0.4, -0.2) is 25.4 Å². The Bertz CT molecular complexity index is 359. The Morgan fingerprint density at radius 2 is 2.33 bits per heavy atom. The van der Waals surface area contributed by atoms with Gasteiger partial charge in [-0.05, 0) is 36.0 Å². The summed E-state index contributed by atoms with van der Waals surface area (Å²) in [5.41, 5.74) is 3.92. The number of hydrogen-bond acceptors (Lipinski definition) is 2. The lowest BCUT2D eigenvalue weighted by atomic mass is 9.99. The molecule has 0 amide bonds. The molecule has 0 saturated carbocycles. The van der Waals surface area contributed by atoms with Gasteiger partial charge in [-0.3, -0.25) is 0 Å². The van der Waals surface area contributed by atoms with Gasteiger partial charge in [0.25, 0.3) is 0 Å². The average molecular weight is 248 g/mol. The number of aliphatic hydroxyl groups excluding tert-OH is 1. The van der Waals surface area contributed by atoms with Crippen LogP contribution >= 0.6 is 0 Å². The van der Waals surface area contributed by atoms with E-state index in [4.69, 9.17) is 9.84 Å². The molecule has 1 rings (SSSR count). The van der Waals surface area contributed by atoms with Crippen LogP contribution in [0.25, 0.3) is 0 Å². The van der Waals surface area contributed by atoms with Crippen LogP contribution in [0.3, 0.4) is 0 Å². The Kier molecular flexibility index (Phi) is 7.38. The molecule has 0 radical (unpaired) electrons. The van der Waals surface area contributed by atoms with Crippen molar-refractivity contribution >= 4 is 0 Å². The second-order valence-corrected chi connectivity index (χ2v) is 4.47. The highest BCUT2D eigenvalue weighted by molar-refractivity contribution is 5.43. The molecule has 2 nitrogen and oxygen atoms in total. The molecule has 0 unspecified atom stereocenters. The molecule has 0 aromatic heterocycles. The van der Waals surface area contributed by atoms with Crippen LogP contribution in [0.5, 0.6) is 0 Å². The first-order valence-corrected chi connectivity index (χ1v) is 6.67. The molecule has 2 heteroatoms. The summed E-state index contributed by atoms with van der Waals surface area (Å²) in [6.07, 6.45) is 14.7. The van der Waals surface area contributed by atoms with Crippen LogP contribution in [0.2, 0.25) is 0 Å². The fourth-order valence-electron chi connectivity index (χ4n) is 2.07. The molecule has 1 aliphatic carbocycles. The topological polar surface area (TPSA) is 29.5 Å². The van der Waals surface area contributed by atoms with Crippen molar-refractivity contribution in [2.24, 2.45) is 0 Å². The molecule has 100 valence electrons. The summed E-state index contributed by atoms with van der Waals surface area (Å²) in [7, 11) is 1.73. The highest BCUT2D eigenvalue weighted by atomic mass is 16.5. The maximum absolute atomic E-state index is 8.94. The Labute approximate surface area is 110 Å². The second-order valence-electron chi connectivity index (χ2n) is 4.47. The van der Waals surface area contributed by atoms with Crippen LogP contribution < -0.4 is 0 Å². The number of aliphatic hydroxyl groups is 1. The zero-order valence-electron chi connectivity index (χ0n) is 11.5. The van der Waals surface area contributed by atoms with Gasteiger partial charge in [-0.25, -0.2) is 0 Å². The van der Waals surface area contributed by atoms with E-state index in [1.165, 1.54) is 16.7 Å². The van der Waals surface area contributed by atoms with Crippen LogP contribution in [0.4, 0.5) is 0 Å². The molecular formula is C16H24O2. The molecule has 18 heavy (non-hydrogen) atoms. The smallest absolute Gasteiger partial charge is 0.0679 e. The number of hydrogen-bond donors (Lipinski definition) is 1. The SMILES string of the molecule is CCC/C(=C\CCO)C1=CCC(COC)=CC=C1. The molecule has 0 fully saturated rings. The van der Waals surface area contributed by atoms with Crippen LogP contribution in [0.1, 0.15) is 32.6 Å². The van der Waals surface area contributed by atoms with Crippen molar-refractivity contribution in [1.29, 1.82) is 0 Å². The third-order valence-corrected chi connectivity index (χ3v) is 2.93. The molecule has 0 aliphatic heterocycles. The van der Waals surface area contributed by atoms with Crippen molar-refractivity contribution in [2.75, 3.05) is 20.3 Å². The molecule has 0 heterocycles. The Morgan fingerprint density at radius 1 is 1.50 bits per heavy atom. The van der Waals surface area contributed by atoms with Gasteiger partial charge in [0.15, 0.2) is 0 Å². The Hall–Kier alpha value is -1.12. The third kappa shape index (κ3) is 5.03. The first-order chi connectivity index (χ1) is 8.81. The summed E-state index contributed by atoms with van der Waals surface area (Å²) in [5, 5.41) is 8.94. The van der Waals surface area contributed by atoms with Gasteiger partial charge in [-0.2, -0.15) is 0 Å². The third-order valence-electron chi connectivity index (χ3n) is 2.93. The van der Waals surface area contributed by atoms with Gasteiger partial charge >= 0.3 is 0 Å². The fourth-order valence-corrected chi connectivity index (χ4v) is 2.07. The molecule has 0 spiro atoms. The maximum Gasteiger partial charge on any atom is 0.0679 e. The van der Waals surface area contributed by atoms with E-state index in [9.17, 15) is 0 Å². The first-order valence-electron chi connectivity index (χ1n) is 6.67. The lowest BCUT2D eigenvalue weighted by Crippen LogP contribution is -1.93. The summed E-state index contributed by atoms with van der Waals surface area (Å²) in [4.78, 5) is 0. The molecule has 0 aromatic carbocycles. The van der Waals surface area contributed by atoms with Crippen molar-refractivity contribution in [2.45, 2.75) is 32.6 Å². The van der Waals surface area contributed by atoms with Gasteiger partial charge in [0.2, 0.25) is 0 Å². The van der Waals surface area contributed by atoms with Crippen molar-refractivity contribution in [3.63, 3.8) is 0 Å². The largest absolute Gasteiger partial charge is 0.396 e. The second kappa shape index (κ2) is 8.90. The van der Waals surface area contributed by atoms with Gasteiger partial charge in [0.1, 0.15) is 0 Å². The highest BCUT2D eigenvalue weighted by Crippen LogP contribution is 2.22. The van der Waals surface area contributed by atoms with E-state index >= 15 is 0 Å². The van der Waals surface area contributed by atoms with Gasteiger partial charge in [0.05, 0.1) is 6.61 Å². The Balaban J connectivity index is 2.76. The average Bonchev–Trinajstić information content (AvgIpc) is 2.61. The van der Waals surface area contributed by atoms with Crippen molar-refractivity contribution < 1.29 is 9.84 Å². The number of ether oxygens (including phenoxy) is 1. The summed E-state index contributed by atoms with van der Waals surface area (Å²) in [6.45, 7) is 3.09.